The van der Waals surface area contributed by atoms with Crippen LogP contribution in [0.15, 0.2) is 23.1 Å². The molecule has 1 atom stereocenters. The molecule has 1 unspecified atom stereocenters. The smallest absolute Gasteiger partial charge is 0.207 e. The zero-order valence-corrected chi connectivity index (χ0v) is 12.7. The summed E-state index contributed by atoms with van der Waals surface area (Å²) in [6, 6.07) is 6.15. The van der Waals surface area contributed by atoms with E-state index in [0.717, 1.165) is 17.9 Å². The van der Waals surface area contributed by atoms with Gasteiger partial charge in [0.1, 0.15) is 6.07 Å². The minimum absolute atomic E-state index is 0.0319. The van der Waals surface area contributed by atoms with Crippen molar-refractivity contribution < 1.29 is 8.42 Å². The van der Waals surface area contributed by atoms with Crippen LogP contribution in [0, 0.1) is 11.3 Å². The van der Waals surface area contributed by atoms with Crippen molar-refractivity contribution >= 4 is 33.4 Å². The van der Waals surface area contributed by atoms with Crippen molar-refractivity contribution in [1.29, 1.82) is 5.26 Å². The summed E-state index contributed by atoms with van der Waals surface area (Å²) in [5.74, 6) is 1.80. The molecule has 0 aliphatic carbocycles. The fourth-order valence-electron chi connectivity index (χ4n) is 1.92. The van der Waals surface area contributed by atoms with Crippen LogP contribution in [0.2, 0.25) is 5.02 Å². The van der Waals surface area contributed by atoms with Gasteiger partial charge in [-0.15, -0.1) is 0 Å². The standard InChI is InChI=1S/C12H13ClN2O2S2/c1-15(10-4-5-18-8-10)19(16,17)11-3-2-9(7-14)12(13)6-11/h2-3,6,10H,4-5,8H2,1H3. The first-order chi connectivity index (χ1) is 8.96. The SMILES string of the molecule is CN(C1CCSC1)S(=O)(=O)c1ccc(C#N)c(Cl)c1. The highest BCUT2D eigenvalue weighted by Crippen LogP contribution is 2.28. The second-order valence-corrected chi connectivity index (χ2v) is 7.85. The molecule has 4 nitrogen and oxygen atoms in total. The zero-order chi connectivity index (χ0) is 14.0. The summed E-state index contributed by atoms with van der Waals surface area (Å²) in [7, 11) is -1.95. The molecule has 1 heterocycles. The van der Waals surface area contributed by atoms with E-state index in [0.29, 0.717) is 0 Å². The van der Waals surface area contributed by atoms with Crippen LogP contribution in [0.5, 0.6) is 0 Å². The van der Waals surface area contributed by atoms with E-state index in [1.807, 2.05) is 6.07 Å². The molecule has 102 valence electrons. The molecule has 0 bridgehead atoms. The Hall–Kier alpha value is -0.740. The van der Waals surface area contributed by atoms with Crippen molar-refractivity contribution in [2.75, 3.05) is 18.6 Å². The molecule has 0 amide bonds. The molecule has 0 spiro atoms. The molecule has 2 rings (SSSR count). The molecule has 0 aromatic heterocycles. The van der Waals surface area contributed by atoms with Gasteiger partial charge in [-0.05, 0) is 30.4 Å². The molecule has 0 radical (unpaired) electrons. The lowest BCUT2D eigenvalue weighted by Crippen LogP contribution is -2.36. The predicted molar refractivity (Wildman–Crippen MR) is 76.8 cm³/mol. The van der Waals surface area contributed by atoms with Crippen LogP contribution < -0.4 is 0 Å². The number of hydrogen-bond acceptors (Lipinski definition) is 4. The first kappa shape index (κ1) is 14.7. The third kappa shape index (κ3) is 2.90. The Kier molecular flexibility index (Phi) is 4.41. The van der Waals surface area contributed by atoms with Crippen molar-refractivity contribution in [3.63, 3.8) is 0 Å². The second-order valence-electron chi connectivity index (χ2n) is 4.29. The van der Waals surface area contributed by atoms with Gasteiger partial charge in [-0.25, -0.2) is 8.42 Å². The normalized spacial score (nSPS) is 19.6. The first-order valence-electron chi connectivity index (χ1n) is 5.72. The highest BCUT2D eigenvalue weighted by atomic mass is 35.5. The lowest BCUT2D eigenvalue weighted by Gasteiger charge is -2.23. The van der Waals surface area contributed by atoms with Gasteiger partial charge in [0.15, 0.2) is 0 Å². The topological polar surface area (TPSA) is 61.2 Å². The number of hydrogen-bond donors (Lipinski definition) is 0. The van der Waals surface area contributed by atoms with E-state index in [4.69, 9.17) is 16.9 Å². The fraction of sp³-hybridized carbons (Fsp3) is 0.417. The molecule has 0 N–H and O–H groups in total. The number of nitriles is 1. The second kappa shape index (κ2) is 5.71. The summed E-state index contributed by atoms with van der Waals surface area (Å²) in [6.45, 7) is 0. The highest BCUT2D eigenvalue weighted by Gasteiger charge is 2.30. The van der Waals surface area contributed by atoms with Crippen LogP contribution >= 0.6 is 23.4 Å². The van der Waals surface area contributed by atoms with Gasteiger partial charge in [0.25, 0.3) is 0 Å². The molecule has 1 aliphatic heterocycles. The number of benzene rings is 1. The number of sulfonamides is 1. The van der Waals surface area contributed by atoms with Gasteiger partial charge in [-0.2, -0.15) is 21.3 Å². The lowest BCUT2D eigenvalue weighted by molar-refractivity contribution is 0.394. The highest BCUT2D eigenvalue weighted by molar-refractivity contribution is 7.99. The van der Waals surface area contributed by atoms with Crippen molar-refractivity contribution in [3.05, 3.63) is 28.8 Å². The molecule has 1 aromatic rings. The van der Waals surface area contributed by atoms with E-state index in [9.17, 15) is 8.42 Å². The Balaban J connectivity index is 2.34. The van der Waals surface area contributed by atoms with Crippen LogP contribution in [-0.4, -0.2) is 37.3 Å². The monoisotopic (exact) mass is 316 g/mol. The molecule has 1 aromatic carbocycles. The Morgan fingerprint density at radius 1 is 1.53 bits per heavy atom. The summed E-state index contributed by atoms with van der Waals surface area (Å²) in [5, 5.41) is 8.96. The van der Waals surface area contributed by atoms with E-state index in [2.05, 4.69) is 0 Å². The van der Waals surface area contributed by atoms with Gasteiger partial charge in [0.05, 0.1) is 15.5 Å². The molecule has 19 heavy (non-hydrogen) atoms. The van der Waals surface area contributed by atoms with Crippen molar-refractivity contribution in [1.82, 2.24) is 4.31 Å². The molecule has 0 saturated carbocycles. The van der Waals surface area contributed by atoms with E-state index in [-0.39, 0.29) is 21.5 Å². The van der Waals surface area contributed by atoms with Gasteiger partial charge in [0.2, 0.25) is 10.0 Å². The number of thioether (sulfide) groups is 1. The maximum atomic E-state index is 12.4. The van der Waals surface area contributed by atoms with Gasteiger partial charge in [-0.3, -0.25) is 0 Å². The molecule has 1 fully saturated rings. The quantitative estimate of drug-likeness (QED) is 0.858. The average molecular weight is 317 g/mol. The van der Waals surface area contributed by atoms with Gasteiger partial charge in [0, 0.05) is 18.8 Å². The first-order valence-corrected chi connectivity index (χ1v) is 8.69. The maximum Gasteiger partial charge on any atom is 0.243 e. The molecular formula is C12H13ClN2O2S2. The van der Waals surface area contributed by atoms with Crippen molar-refractivity contribution in [2.45, 2.75) is 17.4 Å². The summed E-state index contributed by atoms with van der Waals surface area (Å²) in [5.41, 5.74) is 0.277. The lowest BCUT2D eigenvalue weighted by atomic mass is 10.2. The predicted octanol–water partition coefficient (Wildman–Crippen LogP) is 2.34. The number of rotatable bonds is 3. The molecule has 1 saturated heterocycles. The van der Waals surface area contributed by atoms with E-state index < -0.39 is 10.0 Å². The Morgan fingerprint density at radius 3 is 2.79 bits per heavy atom. The van der Waals surface area contributed by atoms with Gasteiger partial charge in [-0.1, -0.05) is 11.6 Å². The Labute approximate surface area is 122 Å². The molecule has 7 heteroatoms. The Morgan fingerprint density at radius 2 is 2.26 bits per heavy atom. The summed E-state index contributed by atoms with van der Waals surface area (Å²) >= 11 is 7.65. The van der Waals surface area contributed by atoms with Crippen LogP contribution in [0.25, 0.3) is 0 Å². The molecule has 1 aliphatic rings. The van der Waals surface area contributed by atoms with Crippen molar-refractivity contribution in [3.8, 4) is 6.07 Å². The van der Waals surface area contributed by atoms with Crippen LogP contribution in [-0.2, 0) is 10.0 Å². The number of halogens is 1. The number of nitrogens with zero attached hydrogens (tertiary/aromatic N) is 2. The minimum Gasteiger partial charge on any atom is -0.207 e. The average Bonchev–Trinajstić information content (AvgIpc) is 2.91. The summed E-state index contributed by atoms with van der Waals surface area (Å²) in [6.07, 6.45) is 0.865. The van der Waals surface area contributed by atoms with Crippen LogP contribution in [0.3, 0.4) is 0 Å². The molecular weight excluding hydrogens is 304 g/mol. The summed E-state index contributed by atoms with van der Waals surface area (Å²) in [4.78, 5) is 0.135. The largest absolute Gasteiger partial charge is 0.243 e. The minimum atomic E-state index is -3.54. The van der Waals surface area contributed by atoms with E-state index >= 15 is 0 Å². The van der Waals surface area contributed by atoms with Crippen LogP contribution in [0.4, 0.5) is 0 Å². The van der Waals surface area contributed by atoms with Crippen LogP contribution in [0.1, 0.15) is 12.0 Å². The Bertz CT molecular complexity index is 619. The third-order valence-corrected chi connectivity index (χ3v) is 6.52. The summed E-state index contributed by atoms with van der Waals surface area (Å²) < 4.78 is 26.3. The van der Waals surface area contributed by atoms with E-state index in [1.54, 1.807) is 18.8 Å². The van der Waals surface area contributed by atoms with Gasteiger partial charge < -0.3 is 0 Å². The third-order valence-electron chi connectivity index (χ3n) is 3.16. The van der Waals surface area contributed by atoms with Gasteiger partial charge >= 0.3 is 0 Å². The fourth-order valence-corrected chi connectivity index (χ4v) is 4.98. The van der Waals surface area contributed by atoms with E-state index in [1.165, 1.54) is 22.5 Å². The zero-order valence-electron chi connectivity index (χ0n) is 10.3. The maximum absolute atomic E-state index is 12.4. The van der Waals surface area contributed by atoms with Crippen molar-refractivity contribution in [2.24, 2.45) is 0 Å².